The average molecular weight is 374 g/mol. The van der Waals surface area contributed by atoms with Gasteiger partial charge in [0.2, 0.25) is 0 Å². The average Bonchev–Trinajstić information content (AvgIpc) is 2.86. The van der Waals surface area contributed by atoms with Crippen molar-refractivity contribution in [2.75, 3.05) is 32.8 Å². The predicted octanol–water partition coefficient (Wildman–Crippen LogP) is 3.69. The second-order valence-corrected chi connectivity index (χ2v) is 7.54. The Balaban J connectivity index is 1.79. The van der Waals surface area contributed by atoms with E-state index in [1.165, 1.54) is 0 Å². The molecule has 7 heteroatoms. The van der Waals surface area contributed by atoms with Crippen molar-refractivity contribution in [3.8, 4) is 0 Å². The van der Waals surface area contributed by atoms with Gasteiger partial charge in [-0.15, -0.1) is 0 Å². The summed E-state index contributed by atoms with van der Waals surface area (Å²) in [5.41, 5.74) is 0. The third-order valence-corrected chi connectivity index (χ3v) is 5.33. The third kappa shape index (κ3) is 6.33. The minimum Gasteiger partial charge on any atom is -0.450 e. The van der Waals surface area contributed by atoms with Gasteiger partial charge in [0.05, 0.1) is 6.61 Å². The molecule has 1 atom stereocenters. The molecule has 0 aliphatic carbocycles. The van der Waals surface area contributed by atoms with Crippen molar-refractivity contribution in [2.45, 2.75) is 65.0 Å². The fourth-order valence-electron chi connectivity index (χ4n) is 3.57. The van der Waals surface area contributed by atoms with Gasteiger partial charge >= 0.3 is 6.09 Å². The van der Waals surface area contributed by atoms with Crippen LogP contribution in [0.5, 0.6) is 0 Å². The van der Waals surface area contributed by atoms with Crippen LogP contribution in [0.3, 0.4) is 0 Å². The van der Waals surface area contributed by atoms with Gasteiger partial charge in [-0.05, 0) is 66.0 Å². The summed E-state index contributed by atoms with van der Waals surface area (Å²) in [6, 6.07) is 0.544. The number of hydrogen-bond acceptors (Lipinski definition) is 5. The number of amides is 1. The Labute approximate surface area is 156 Å². The summed E-state index contributed by atoms with van der Waals surface area (Å²) in [7, 11) is 0. The zero-order valence-electron chi connectivity index (χ0n) is 15.7. The van der Waals surface area contributed by atoms with Gasteiger partial charge in [-0.3, -0.25) is 0 Å². The molecule has 1 amide bonds. The molecule has 2 aliphatic rings. The second-order valence-electron chi connectivity index (χ2n) is 7.15. The molecule has 2 heterocycles. The molecule has 0 saturated carbocycles. The lowest BCUT2D eigenvalue weighted by atomic mass is 9.95. The van der Waals surface area contributed by atoms with Crippen molar-refractivity contribution >= 4 is 22.9 Å². The number of piperidine rings is 1. The zero-order chi connectivity index (χ0) is 18.2. The van der Waals surface area contributed by atoms with Crippen LogP contribution in [0, 0.1) is 5.92 Å². The minimum absolute atomic E-state index is 0.0576. The molecule has 0 radical (unpaired) electrons. The van der Waals surface area contributed by atoms with Crippen LogP contribution >= 0.6 is 11.6 Å². The van der Waals surface area contributed by atoms with Gasteiger partial charge < -0.3 is 19.4 Å². The number of hydrogen-bond donors (Lipinski definition) is 0. The fraction of sp³-hybridized carbons (Fsp3) is 0.889. The first kappa shape index (κ1) is 20.3. The minimum atomic E-state index is -0.171. The van der Waals surface area contributed by atoms with E-state index in [0.29, 0.717) is 23.7 Å². The Morgan fingerprint density at radius 1 is 1.16 bits per heavy atom. The largest absolute Gasteiger partial charge is 0.450 e. The molecule has 0 aromatic rings. The van der Waals surface area contributed by atoms with E-state index >= 15 is 0 Å². The maximum Gasteiger partial charge on any atom is 0.409 e. The smallest absolute Gasteiger partial charge is 0.409 e. The summed E-state index contributed by atoms with van der Waals surface area (Å²) in [6.07, 6.45) is 5.11. The van der Waals surface area contributed by atoms with Gasteiger partial charge in [0.25, 0.3) is 0 Å². The lowest BCUT2D eigenvalue weighted by molar-refractivity contribution is 0.0834. The van der Waals surface area contributed by atoms with E-state index in [1.807, 2.05) is 25.7 Å². The summed E-state index contributed by atoms with van der Waals surface area (Å²) in [5.74, 6) is 0.304. The first-order valence-corrected chi connectivity index (χ1v) is 9.94. The highest BCUT2D eigenvalue weighted by atomic mass is 35.5. The molecule has 1 unspecified atom stereocenters. The Hall–Kier alpha value is -1.01. The van der Waals surface area contributed by atoms with Crippen LogP contribution in [0.15, 0.2) is 5.16 Å². The quantitative estimate of drug-likeness (QED) is 0.544. The molecule has 0 N–H and O–H groups in total. The SMILES string of the molecule is CCOC(=O)N1CCCC(N2CCC(C(Cl)=NOC(C)C)CC2)CC1. The number of ether oxygens (including phenoxy) is 1. The van der Waals surface area contributed by atoms with Crippen molar-refractivity contribution in [3.63, 3.8) is 0 Å². The lowest BCUT2D eigenvalue weighted by Gasteiger charge is -2.36. The van der Waals surface area contributed by atoms with Crippen LogP contribution < -0.4 is 0 Å². The molecule has 25 heavy (non-hydrogen) atoms. The molecule has 2 fully saturated rings. The number of carbonyl (C=O) groups is 1. The number of carbonyl (C=O) groups excluding carboxylic acids is 1. The molecule has 2 rings (SSSR count). The zero-order valence-corrected chi connectivity index (χ0v) is 16.5. The molecular weight excluding hydrogens is 342 g/mol. The maximum absolute atomic E-state index is 11.9. The van der Waals surface area contributed by atoms with Crippen LogP contribution in [0.1, 0.15) is 52.9 Å². The van der Waals surface area contributed by atoms with Crippen molar-refractivity contribution in [1.29, 1.82) is 0 Å². The maximum atomic E-state index is 11.9. The fourth-order valence-corrected chi connectivity index (χ4v) is 3.83. The molecule has 0 bridgehead atoms. The van der Waals surface area contributed by atoms with E-state index in [-0.39, 0.29) is 12.2 Å². The van der Waals surface area contributed by atoms with Crippen LogP contribution in [0.2, 0.25) is 0 Å². The number of nitrogens with zero attached hydrogens (tertiary/aromatic N) is 3. The monoisotopic (exact) mass is 373 g/mol. The van der Waals surface area contributed by atoms with Crippen LogP contribution in [-0.4, -0.2) is 66.0 Å². The highest BCUT2D eigenvalue weighted by molar-refractivity contribution is 6.65. The topological polar surface area (TPSA) is 54.4 Å². The Kier molecular flexibility index (Phi) is 8.30. The van der Waals surface area contributed by atoms with E-state index in [0.717, 1.165) is 58.3 Å². The lowest BCUT2D eigenvalue weighted by Crippen LogP contribution is -2.43. The van der Waals surface area contributed by atoms with Crippen molar-refractivity contribution < 1.29 is 14.4 Å². The summed E-state index contributed by atoms with van der Waals surface area (Å²) in [6.45, 7) is 9.83. The Morgan fingerprint density at radius 3 is 2.52 bits per heavy atom. The molecular formula is C18H32ClN3O3. The van der Waals surface area contributed by atoms with Crippen molar-refractivity contribution in [1.82, 2.24) is 9.80 Å². The molecule has 2 aliphatic heterocycles. The summed E-state index contributed by atoms with van der Waals surface area (Å²) < 4.78 is 5.13. The third-order valence-electron chi connectivity index (χ3n) is 4.96. The van der Waals surface area contributed by atoms with Gasteiger partial charge in [0, 0.05) is 25.0 Å². The van der Waals surface area contributed by atoms with Gasteiger partial charge in [-0.25, -0.2) is 4.79 Å². The van der Waals surface area contributed by atoms with Gasteiger partial charge in [0.15, 0.2) is 0 Å². The summed E-state index contributed by atoms with van der Waals surface area (Å²) in [5, 5.41) is 4.65. The summed E-state index contributed by atoms with van der Waals surface area (Å²) in [4.78, 5) is 21.6. The second kappa shape index (κ2) is 10.2. The van der Waals surface area contributed by atoms with E-state index in [1.54, 1.807) is 0 Å². The van der Waals surface area contributed by atoms with E-state index in [2.05, 4.69) is 10.1 Å². The van der Waals surface area contributed by atoms with Gasteiger partial charge in [0.1, 0.15) is 11.3 Å². The van der Waals surface area contributed by atoms with Crippen LogP contribution in [-0.2, 0) is 9.57 Å². The summed E-state index contributed by atoms with van der Waals surface area (Å²) >= 11 is 6.30. The highest BCUT2D eigenvalue weighted by Crippen LogP contribution is 2.26. The number of likely N-dealkylation sites (tertiary alicyclic amines) is 2. The highest BCUT2D eigenvalue weighted by Gasteiger charge is 2.29. The van der Waals surface area contributed by atoms with Crippen molar-refractivity contribution in [2.24, 2.45) is 11.1 Å². The Bertz CT molecular complexity index is 451. The molecule has 2 saturated heterocycles. The number of halogens is 1. The van der Waals surface area contributed by atoms with Crippen LogP contribution in [0.25, 0.3) is 0 Å². The number of oxime groups is 1. The standard InChI is InChI=1S/C18H32ClN3O3/c1-4-24-18(23)22-10-5-6-16(9-13-22)21-11-7-15(8-12-21)17(19)20-25-14(2)3/h14-16H,4-13H2,1-3H3. The van der Waals surface area contributed by atoms with E-state index in [9.17, 15) is 4.79 Å². The number of rotatable bonds is 5. The van der Waals surface area contributed by atoms with Gasteiger partial charge in [-0.2, -0.15) is 0 Å². The van der Waals surface area contributed by atoms with E-state index in [4.69, 9.17) is 21.2 Å². The first-order valence-electron chi connectivity index (χ1n) is 9.56. The molecule has 0 spiro atoms. The van der Waals surface area contributed by atoms with E-state index < -0.39 is 0 Å². The Morgan fingerprint density at radius 2 is 1.88 bits per heavy atom. The molecule has 0 aromatic carbocycles. The normalized spacial score (nSPS) is 24.3. The molecule has 144 valence electrons. The van der Waals surface area contributed by atoms with Gasteiger partial charge in [-0.1, -0.05) is 16.8 Å². The molecule has 6 nitrogen and oxygen atoms in total. The predicted molar refractivity (Wildman–Crippen MR) is 100 cm³/mol. The molecule has 0 aromatic heterocycles. The van der Waals surface area contributed by atoms with Crippen molar-refractivity contribution in [3.05, 3.63) is 0 Å². The first-order chi connectivity index (χ1) is 12.0. The van der Waals surface area contributed by atoms with Crippen LogP contribution in [0.4, 0.5) is 4.79 Å².